The molecule has 0 aliphatic heterocycles. The largest absolute Gasteiger partial charge is 0.393 e. The molecular weight excluding hydrogens is 316 g/mol. The molecule has 2 aromatic rings. The Bertz CT molecular complexity index is 711. The highest BCUT2D eigenvalue weighted by Crippen LogP contribution is 2.25. The summed E-state index contributed by atoms with van der Waals surface area (Å²) in [5, 5.41) is 20.0. The summed E-state index contributed by atoms with van der Waals surface area (Å²) in [5.41, 5.74) is 1.86. The van der Waals surface area contributed by atoms with Gasteiger partial charge in [-0.3, -0.25) is 5.32 Å². The van der Waals surface area contributed by atoms with E-state index in [1.54, 1.807) is 0 Å². The number of anilines is 1. The van der Waals surface area contributed by atoms with Crippen LogP contribution in [-0.4, -0.2) is 33.6 Å². The molecular formula is C19H26N4O2. The maximum atomic E-state index is 12.2. The third-order valence-corrected chi connectivity index (χ3v) is 4.60. The fraction of sp³-hybridized carbons (Fsp3) is 0.474. The first-order valence-electron chi connectivity index (χ1n) is 8.91. The molecule has 6 heteroatoms. The fourth-order valence-electron chi connectivity index (χ4n) is 3.26. The van der Waals surface area contributed by atoms with E-state index in [0.29, 0.717) is 18.3 Å². The molecule has 1 aromatic carbocycles. The van der Waals surface area contributed by atoms with E-state index in [4.69, 9.17) is 0 Å². The van der Waals surface area contributed by atoms with Crippen molar-refractivity contribution in [2.24, 2.45) is 5.92 Å². The third-order valence-electron chi connectivity index (χ3n) is 4.60. The number of carbonyl (C=O) groups excluding carboxylic acids is 1. The Morgan fingerprint density at radius 2 is 2.08 bits per heavy atom. The third kappa shape index (κ3) is 4.39. The van der Waals surface area contributed by atoms with Crippen molar-refractivity contribution in [2.75, 3.05) is 11.9 Å². The Balaban J connectivity index is 1.66. The molecule has 2 atom stereocenters. The van der Waals surface area contributed by atoms with Gasteiger partial charge in [-0.25, -0.2) is 9.48 Å². The highest BCUT2D eigenvalue weighted by molar-refractivity contribution is 5.89. The summed E-state index contributed by atoms with van der Waals surface area (Å²) in [6.45, 7) is 4.65. The van der Waals surface area contributed by atoms with Crippen molar-refractivity contribution in [3.63, 3.8) is 0 Å². The molecule has 3 N–H and O–H groups in total. The number of amides is 2. The van der Waals surface area contributed by atoms with E-state index in [2.05, 4.69) is 15.7 Å². The molecule has 0 saturated heterocycles. The van der Waals surface area contributed by atoms with Crippen molar-refractivity contribution < 1.29 is 9.90 Å². The van der Waals surface area contributed by atoms with Crippen LogP contribution >= 0.6 is 0 Å². The SMILES string of the molecule is CC(C)n1nc(-c2ccccc2)cc1NC(=O)NC[C@H]1CC[C@@H](O)C1. The molecule has 1 saturated carbocycles. The number of nitrogens with one attached hydrogen (secondary N) is 2. The van der Waals surface area contributed by atoms with Crippen LogP contribution in [0.15, 0.2) is 36.4 Å². The second-order valence-corrected chi connectivity index (χ2v) is 6.99. The van der Waals surface area contributed by atoms with Crippen LogP contribution in [-0.2, 0) is 0 Å². The normalized spacial score (nSPS) is 20.0. The molecule has 0 spiro atoms. The number of aliphatic hydroxyl groups excluding tert-OH is 1. The summed E-state index contributed by atoms with van der Waals surface area (Å²) < 4.78 is 1.82. The minimum Gasteiger partial charge on any atom is -0.393 e. The Kier molecular flexibility index (Phi) is 5.38. The minimum absolute atomic E-state index is 0.137. The quantitative estimate of drug-likeness (QED) is 0.779. The zero-order valence-electron chi connectivity index (χ0n) is 14.8. The molecule has 25 heavy (non-hydrogen) atoms. The highest BCUT2D eigenvalue weighted by Gasteiger charge is 2.23. The molecule has 1 aliphatic carbocycles. The smallest absolute Gasteiger partial charge is 0.320 e. The number of urea groups is 1. The summed E-state index contributed by atoms with van der Waals surface area (Å²) >= 11 is 0. The number of benzene rings is 1. The zero-order chi connectivity index (χ0) is 17.8. The predicted octanol–water partition coefficient (Wildman–Crippen LogP) is 3.41. The van der Waals surface area contributed by atoms with E-state index < -0.39 is 0 Å². The maximum Gasteiger partial charge on any atom is 0.320 e. The van der Waals surface area contributed by atoms with E-state index in [0.717, 1.165) is 30.5 Å². The van der Waals surface area contributed by atoms with E-state index in [9.17, 15) is 9.90 Å². The van der Waals surface area contributed by atoms with Crippen LogP contribution < -0.4 is 10.6 Å². The van der Waals surface area contributed by atoms with Gasteiger partial charge in [0.05, 0.1) is 11.8 Å². The van der Waals surface area contributed by atoms with Crippen molar-refractivity contribution >= 4 is 11.8 Å². The molecule has 6 nitrogen and oxygen atoms in total. The van der Waals surface area contributed by atoms with Gasteiger partial charge >= 0.3 is 6.03 Å². The van der Waals surface area contributed by atoms with Gasteiger partial charge in [-0.2, -0.15) is 5.10 Å². The first-order chi connectivity index (χ1) is 12.0. The van der Waals surface area contributed by atoms with Crippen molar-refractivity contribution in [1.82, 2.24) is 15.1 Å². The average molecular weight is 342 g/mol. The van der Waals surface area contributed by atoms with E-state index in [1.807, 2.05) is 54.9 Å². The lowest BCUT2D eigenvalue weighted by atomic mass is 10.1. The number of hydrogen-bond donors (Lipinski definition) is 3. The van der Waals surface area contributed by atoms with Crippen LogP contribution in [0.1, 0.15) is 39.2 Å². The van der Waals surface area contributed by atoms with Crippen LogP contribution in [0, 0.1) is 5.92 Å². The average Bonchev–Trinajstić information content (AvgIpc) is 3.20. The molecule has 134 valence electrons. The van der Waals surface area contributed by atoms with Gasteiger partial charge in [-0.15, -0.1) is 0 Å². The molecule has 3 rings (SSSR count). The van der Waals surface area contributed by atoms with E-state index in [-0.39, 0.29) is 18.2 Å². The summed E-state index contributed by atoms with van der Waals surface area (Å²) in [4.78, 5) is 12.2. The second-order valence-electron chi connectivity index (χ2n) is 6.99. The van der Waals surface area contributed by atoms with Crippen molar-refractivity contribution in [1.29, 1.82) is 0 Å². The highest BCUT2D eigenvalue weighted by atomic mass is 16.3. The van der Waals surface area contributed by atoms with Crippen LogP contribution in [0.25, 0.3) is 11.3 Å². The van der Waals surface area contributed by atoms with Crippen molar-refractivity contribution in [2.45, 2.75) is 45.3 Å². The predicted molar refractivity (Wildman–Crippen MR) is 98.4 cm³/mol. The monoisotopic (exact) mass is 342 g/mol. The van der Waals surface area contributed by atoms with Gasteiger partial charge in [0.1, 0.15) is 5.82 Å². The van der Waals surface area contributed by atoms with Gasteiger partial charge in [0.2, 0.25) is 0 Å². The van der Waals surface area contributed by atoms with Crippen molar-refractivity contribution in [3.05, 3.63) is 36.4 Å². The first kappa shape index (κ1) is 17.5. The Hall–Kier alpha value is -2.34. The Morgan fingerprint density at radius 3 is 2.72 bits per heavy atom. The molecule has 1 heterocycles. The van der Waals surface area contributed by atoms with Crippen molar-refractivity contribution in [3.8, 4) is 11.3 Å². The summed E-state index contributed by atoms with van der Waals surface area (Å²) in [7, 11) is 0. The fourth-order valence-corrected chi connectivity index (χ4v) is 3.26. The number of rotatable bonds is 5. The van der Waals surface area contributed by atoms with Crippen LogP contribution in [0.3, 0.4) is 0 Å². The Morgan fingerprint density at radius 1 is 1.32 bits per heavy atom. The summed E-state index contributed by atoms with van der Waals surface area (Å²) in [6.07, 6.45) is 2.34. The van der Waals surface area contributed by atoms with Crippen LogP contribution in [0.4, 0.5) is 10.6 Å². The van der Waals surface area contributed by atoms with Crippen LogP contribution in [0.5, 0.6) is 0 Å². The van der Waals surface area contributed by atoms with Crippen LogP contribution in [0.2, 0.25) is 0 Å². The molecule has 2 amide bonds. The van der Waals surface area contributed by atoms with Gasteiger partial charge in [0, 0.05) is 24.2 Å². The van der Waals surface area contributed by atoms with E-state index in [1.165, 1.54) is 0 Å². The van der Waals surface area contributed by atoms with Gasteiger partial charge < -0.3 is 10.4 Å². The Labute approximate surface area is 148 Å². The number of aromatic nitrogens is 2. The molecule has 0 bridgehead atoms. The minimum atomic E-state index is -0.234. The topological polar surface area (TPSA) is 79.2 Å². The number of nitrogens with zero attached hydrogens (tertiary/aromatic N) is 2. The van der Waals surface area contributed by atoms with Gasteiger partial charge in [-0.1, -0.05) is 30.3 Å². The molecule has 0 unspecified atom stereocenters. The lowest BCUT2D eigenvalue weighted by molar-refractivity contribution is 0.177. The standard InChI is InChI=1S/C19H26N4O2/c1-13(2)23-18(11-17(22-23)15-6-4-3-5-7-15)21-19(25)20-12-14-8-9-16(24)10-14/h3-7,11,13-14,16,24H,8-10,12H2,1-2H3,(H2,20,21,25)/t14-,16+/m0/s1. The van der Waals surface area contributed by atoms with Gasteiger partial charge in [-0.05, 0) is 39.0 Å². The molecule has 1 aromatic heterocycles. The molecule has 0 radical (unpaired) electrons. The summed E-state index contributed by atoms with van der Waals surface area (Å²) in [6, 6.07) is 11.7. The maximum absolute atomic E-state index is 12.2. The molecule has 1 aliphatic rings. The van der Waals surface area contributed by atoms with E-state index >= 15 is 0 Å². The zero-order valence-corrected chi connectivity index (χ0v) is 14.8. The number of aliphatic hydroxyl groups is 1. The number of hydrogen-bond acceptors (Lipinski definition) is 3. The van der Waals surface area contributed by atoms with Gasteiger partial charge in [0.25, 0.3) is 0 Å². The van der Waals surface area contributed by atoms with Gasteiger partial charge in [0.15, 0.2) is 0 Å². The molecule has 1 fully saturated rings. The first-order valence-corrected chi connectivity index (χ1v) is 8.91. The second kappa shape index (κ2) is 7.70. The number of carbonyl (C=O) groups is 1. The summed E-state index contributed by atoms with van der Waals surface area (Å²) in [5.74, 6) is 1.04. The lowest BCUT2D eigenvalue weighted by Gasteiger charge is -2.14. The lowest BCUT2D eigenvalue weighted by Crippen LogP contribution is -2.33.